The molecule has 3 heteroatoms. The summed E-state index contributed by atoms with van der Waals surface area (Å²) in [6.07, 6.45) is -0.286. The van der Waals surface area contributed by atoms with Crippen LogP contribution in [0, 0.1) is 0 Å². The molecule has 154 valence electrons. The minimum absolute atomic E-state index is 0.286. The van der Waals surface area contributed by atoms with Crippen molar-refractivity contribution in [3.63, 3.8) is 0 Å². The van der Waals surface area contributed by atoms with Crippen molar-refractivity contribution < 1.29 is 4.74 Å². The molecule has 0 aliphatic carbocycles. The van der Waals surface area contributed by atoms with Gasteiger partial charge in [0.05, 0.1) is 0 Å². The fourth-order valence-electron chi connectivity index (χ4n) is 4.39. The van der Waals surface area contributed by atoms with Gasteiger partial charge in [0.15, 0.2) is 6.23 Å². The zero-order chi connectivity index (χ0) is 21.3. The Balaban J connectivity index is 1.71. The van der Waals surface area contributed by atoms with Gasteiger partial charge < -0.3 is 15.0 Å². The minimum Gasteiger partial charge on any atom is -0.378 e. The number of rotatable bonds is 4. The molecule has 3 nitrogen and oxygen atoms in total. The monoisotopic (exact) mass is 406 g/mol. The quantitative estimate of drug-likeness (QED) is 0.438. The van der Waals surface area contributed by atoms with Gasteiger partial charge in [0, 0.05) is 36.6 Å². The van der Waals surface area contributed by atoms with Crippen LogP contribution in [-0.2, 0) is 10.3 Å². The lowest BCUT2D eigenvalue weighted by atomic mass is 9.78. The molecule has 4 aromatic rings. The average Bonchev–Trinajstić information content (AvgIpc) is 2.84. The highest BCUT2D eigenvalue weighted by molar-refractivity contribution is 5.64. The van der Waals surface area contributed by atoms with E-state index in [1.54, 1.807) is 0 Å². The molecule has 1 heterocycles. The second-order valence-corrected chi connectivity index (χ2v) is 8.09. The largest absolute Gasteiger partial charge is 0.378 e. The van der Waals surface area contributed by atoms with Crippen LogP contribution in [0.25, 0.3) is 0 Å². The van der Waals surface area contributed by atoms with Gasteiger partial charge in [0.25, 0.3) is 0 Å². The summed E-state index contributed by atoms with van der Waals surface area (Å²) in [5, 5.41) is 3.62. The summed E-state index contributed by atoms with van der Waals surface area (Å²) in [6.45, 7) is 0. The van der Waals surface area contributed by atoms with E-state index >= 15 is 0 Å². The van der Waals surface area contributed by atoms with E-state index in [0.717, 1.165) is 33.6 Å². The maximum absolute atomic E-state index is 7.03. The molecule has 0 amide bonds. The van der Waals surface area contributed by atoms with Gasteiger partial charge in [-0.1, -0.05) is 91.0 Å². The lowest BCUT2D eigenvalue weighted by Crippen LogP contribution is -2.40. The van der Waals surface area contributed by atoms with E-state index in [0.29, 0.717) is 0 Å². The molecule has 0 spiro atoms. The number of hydrogen-bond acceptors (Lipinski definition) is 3. The van der Waals surface area contributed by atoms with Crippen molar-refractivity contribution in [2.75, 3.05) is 24.3 Å². The van der Waals surface area contributed by atoms with E-state index in [1.165, 1.54) is 0 Å². The standard InChI is InChI=1S/C28H26N2O/c1-30(2)24-19-17-21(18-20-24)27-29-26-16-10-9-15-25(26)28(31-27,22-11-5-3-6-12-22)23-13-7-4-8-14-23/h3-20,27,29H,1-2H3. The maximum Gasteiger partial charge on any atom is 0.156 e. The number of nitrogens with zero attached hydrogens (tertiary/aromatic N) is 1. The first-order chi connectivity index (χ1) is 15.2. The van der Waals surface area contributed by atoms with Crippen molar-refractivity contribution in [2.24, 2.45) is 0 Å². The van der Waals surface area contributed by atoms with Gasteiger partial charge in [0.2, 0.25) is 0 Å². The molecule has 1 N–H and O–H groups in total. The first-order valence-electron chi connectivity index (χ1n) is 10.6. The zero-order valence-electron chi connectivity index (χ0n) is 17.8. The Kier molecular flexibility index (Phi) is 4.97. The number of nitrogens with one attached hydrogen (secondary N) is 1. The molecule has 1 aliphatic heterocycles. The maximum atomic E-state index is 7.03. The molecule has 4 aromatic carbocycles. The van der Waals surface area contributed by atoms with Crippen molar-refractivity contribution in [3.8, 4) is 0 Å². The molecular formula is C28H26N2O. The SMILES string of the molecule is CN(C)c1ccc(C2Nc3ccccc3C(c3ccccc3)(c3ccccc3)O2)cc1. The highest BCUT2D eigenvalue weighted by atomic mass is 16.5. The van der Waals surface area contributed by atoms with Crippen LogP contribution in [-0.4, -0.2) is 14.1 Å². The van der Waals surface area contributed by atoms with Crippen LogP contribution in [0.15, 0.2) is 109 Å². The Bertz CT molecular complexity index is 1120. The van der Waals surface area contributed by atoms with Gasteiger partial charge in [0.1, 0.15) is 5.60 Å². The molecular weight excluding hydrogens is 380 g/mol. The van der Waals surface area contributed by atoms with Crippen molar-refractivity contribution in [3.05, 3.63) is 131 Å². The number of hydrogen-bond donors (Lipinski definition) is 1. The van der Waals surface area contributed by atoms with E-state index in [2.05, 4.69) is 121 Å². The Morgan fingerprint density at radius 3 is 1.81 bits per heavy atom. The van der Waals surface area contributed by atoms with Crippen LogP contribution >= 0.6 is 0 Å². The van der Waals surface area contributed by atoms with Gasteiger partial charge in [-0.05, 0) is 29.3 Å². The lowest BCUT2D eigenvalue weighted by Gasteiger charge is -2.44. The number of benzene rings is 4. The summed E-state index contributed by atoms with van der Waals surface area (Å²) < 4.78 is 7.03. The summed E-state index contributed by atoms with van der Waals surface area (Å²) in [4.78, 5) is 2.10. The highest BCUT2D eigenvalue weighted by Gasteiger charge is 2.44. The van der Waals surface area contributed by atoms with Gasteiger partial charge in [-0.2, -0.15) is 0 Å². The molecule has 31 heavy (non-hydrogen) atoms. The first-order valence-corrected chi connectivity index (χ1v) is 10.6. The van der Waals surface area contributed by atoms with Gasteiger partial charge >= 0.3 is 0 Å². The zero-order valence-corrected chi connectivity index (χ0v) is 17.8. The second-order valence-electron chi connectivity index (χ2n) is 8.09. The summed E-state index contributed by atoms with van der Waals surface area (Å²) in [7, 11) is 4.10. The lowest BCUT2D eigenvalue weighted by molar-refractivity contribution is -0.0432. The van der Waals surface area contributed by atoms with Crippen molar-refractivity contribution in [1.82, 2.24) is 0 Å². The average molecular weight is 407 g/mol. The third kappa shape index (κ3) is 3.37. The molecule has 1 atom stereocenters. The van der Waals surface area contributed by atoms with Crippen LogP contribution in [0.1, 0.15) is 28.5 Å². The highest BCUT2D eigenvalue weighted by Crippen LogP contribution is 2.50. The van der Waals surface area contributed by atoms with Crippen molar-refractivity contribution >= 4 is 11.4 Å². The molecule has 0 fully saturated rings. The van der Waals surface area contributed by atoms with Crippen LogP contribution in [0.2, 0.25) is 0 Å². The molecule has 0 radical (unpaired) electrons. The van der Waals surface area contributed by atoms with E-state index in [4.69, 9.17) is 4.74 Å². The molecule has 5 rings (SSSR count). The summed E-state index contributed by atoms with van der Waals surface area (Å²) in [5.41, 5.74) is 5.98. The fraction of sp³-hybridized carbons (Fsp3) is 0.143. The fourth-order valence-corrected chi connectivity index (χ4v) is 4.39. The third-order valence-electron chi connectivity index (χ3n) is 5.96. The van der Waals surface area contributed by atoms with Crippen molar-refractivity contribution in [2.45, 2.75) is 11.8 Å². The Morgan fingerprint density at radius 2 is 1.23 bits per heavy atom. The molecule has 0 bridgehead atoms. The number of ether oxygens (including phenoxy) is 1. The van der Waals surface area contributed by atoms with E-state index in [1.807, 2.05) is 12.1 Å². The van der Waals surface area contributed by atoms with Crippen LogP contribution < -0.4 is 10.2 Å². The Hall–Kier alpha value is -3.56. The molecule has 0 saturated carbocycles. The van der Waals surface area contributed by atoms with Gasteiger partial charge in [-0.3, -0.25) is 0 Å². The third-order valence-corrected chi connectivity index (χ3v) is 5.96. The summed E-state index contributed by atoms with van der Waals surface area (Å²) in [5.74, 6) is 0. The minimum atomic E-state index is -0.713. The number of fused-ring (bicyclic) bond motifs is 1. The Labute approximate surface area is 183 Å². The first kappa shape index (κ1) is 19.4. The van der Waals surface area contributed by atoms with E-state index < -0.39 is 5.60 Å². The van der Waals surface area contributed by atoms with Crippen LogP contribution in [0.4, 0.5) is 11.4 Å². The second kappa shape index (κ2) is 7.93. The van der Waals surface area contributed by atoms with Crippen LogP contribution in [0.5, 0.6) is 0 Å². The predicted molar refractivity (Wildman–Crippen MR) is 127 cm³/mol. The molecule has 1 aliphatic rings. The summed E-state index contributed by atoms with van der Waals surface area (Å²) >= 11 is 0. The topological polar surface area (TPSA) is 24.5 Å². The van der Waals surface area contributed by atoms with Gasteiger partial charge in [-0.15, -0.1) is 0 Å². The molecule has 0 aromatic heterocycles. The number of anilines is 2. The predicted octanol–water partition coefficient (Wildman–Crippen LogP) is 6.19. The Morgan fingerprint density at radius 1 is 0.677 bits per heavy atom. The van der Waals surface area contributed by atoms with Crippen LogP contribution in [0.3, 0.4) is 0 Å². The molecule has 0 saturated heterocycles. The smallest absolute Gasteiger partial charge is 0.156 e. The van der Waals surface area contributed by atoms with Crippen molar-refractivity contribution in [1.29, 1.82) is 0 Å². The summed E-state index contributed by atoms with van der Waals surface area (Å²) in [6, 6.07) is 38.0. The van der Waals surface area contributed by atoms with E-state index in [-0.39, 0.29) is 6.23 Å². The van der Waals surface area contributed by atoms with E-state index in [9.17, 15) is 0 Å². The molecule has 1 unspecified atom stereocenters. The van der Waals surface area contributed by atoms with Gasteiger partial charge in [-0.25, -0.2) is 0 Å². The number of para-hydroxylation sites is 1. The normalized spacial score (nSPS) is 16.8.